The molecule has 0 radical (unpaired) electrons. The molecule has 0 atom stereocenters. The third-order valence-electron chi connectivity index (χ3n) is 3.02. The Hall–Kier alpha value is -2.55. The van der Waals surface area contributed by atoms with E-state index < -0.39 is 0 Å². The summed E-state index contributed by atoms with van der Waals surface area (Å²) in [5, 5.41) is 3.44. The number of para-hydroxylation sites is 2. The van der Waals surface area contributed by atoms with Gasteiger partial charge in [-0.05, 0) is 31.2 Å². The molecule has 0 fully saturated rings. The van der Waals surface area contributed by atoms with Gasteiger partial charge in [0.15, 0.2) is 0 Å². The maximum absolute atomic E-state index is 4.09. The van der Waals surface area contributed by atoms with E-state index in [1.54, 1.807) is 12.5 Å². The molecule has 3 aromatic rings. The summed E-state index contributed by atoms with van der Waals surface area (Å²) in [5.74, 6) is 0. The molecule has 0 bridgehead atoms. The number of aromatic nitrogens is 2. The van der Waals surface area contributed by atoms with Crippen LogP contribution in [0.3, 0.4) is 0 Å². The van der Waals surface area contributed by atoms with Crippen molar-refractivity contribution in [2.45, 2.75) is 6.92 Å². The smallest absolute Gasteiger partial charge is 0.0992 e. The van der Waals surface area contributed by atoms with Crippen LogP contribution in [0.1, 0.15) is 5.56 Å². The molecule has 0 saturated heterocycles. The first-order valence-electron chi connectivity index (χ1n) is 6.24. The summed E-state index contributed by atoms with van der Waals surface area (Å²) < 4.78 is 2.00. The molecular weight excluding hydrogens is 234 g/mol. The molecule has 0 aliphatic heterocycles. The van der Waals surface area contributed by atoms with Gasteiger partial charge in [0, 0.05) is 18.1 Å². The molecule has 1 N–H and O–H groups in total. The summed E-state index contributed by atoms with van der Waals surface area (Å²) in [4.78, 5) is 4.09. The van der Waals surface area contributed by atoms with Crippen LogP contribution in [0.25, 0.3) is 5.69 Å². The Morgan fingerprint density at radius 2 is 1.79 bits per heavy atom. The number of benzene rings is 2. The number of nitrogens with one attached hydrogen (secondary N) is 1. The minimum atomic E-state index is 1.06. The molecule has 0 spiro atoms. The Labute approximate surface area is 112 Å². The van der Waals surface area contributed by atoms with Crippen LogP contribution in [-0.2, 0) is 0 Å². The molecule has 0 unspecified atom stereocenters. The molecule has 0 saturated carbocycles. The molecule has 3 heteroatoms. The molecule has 3 rings (SSSR count). The second-order valence-electron chi connectivity index (χ2n) is 4.48. The number of nitrogens with zero attached hydrogens (tertiary/aromatic N) is 2. The minimum absolute atomic E-state index is 1.06. The van der Waals surface area contributed by atoms with Gasteiger partial charge in [0.2, 0.25) is 0 Å². The Balaban J connectivity index is 1.95. The van der Waals surface area contributed by atoms with Crippen LogP contribution in [0, 0.1) is 6.92 Å². The first kappa shape index (κ1) is 11.5. The number of hydrogen-bond acceptors (Lipinski definition) is 2. The zero-order valence-electron chi connectivity index (χ0n) is 10.7. The zero-order chi connectivity index (χ0) is 13.1. The van der Waals surface area contributed by atoms with Crippen LogP contribution in [0.5, 0.6) is 0 Å². The monoisotopic (exact) mass is 249 g/mol. The van der Waals surface area contributed by atoms with Crippen molar-refractivity contribution in [3.63, 3.8) is 0 Å². The molecule has 94 valence electrons. The van der Waals surface area contributed by atoms with Crippen molar-refractivity contribution in [1.29, 1.82) is 0 Å². The third-order valence-corrected chi connectivity index (χ3v) is 3.02. The standard InChI is InChI=1S/C16H15N3/c1-13-6-8-14(9-7-13)18-15-4-2-3-5-16(15)19-11-10-17-12-19/h2-12,18H,1H3. The van der Waals surface area contributed by atoms with Crippen molar-refractivity contribution >= 4 is 11.4 Å². The molecule has 1 aromatic heterocycles. The van der Waals surface area contributed by atoms with Crippen LogP contribution < -0.4 is 5.32 Å². The number of anilines is 2. The van der Waals surface area contributed by atoms with Gasteiger partial charge in [-0.2, -0.15) is 0 Å². The molecule has 0 aliphatic carbocycles. The van der Waals surface area contributed by atoms with Crippen molar-refractivity contribution in [2.24, 2.45) is 0 Å². The van der Waals surface area contributed by atoms with E-state index in [2.05, 4.69) is 53.6 Å². The fraction of sp³-hybridized carbons (Fsp3) is 0.0625. The second-order valence-corrected chi connectivity index (χ2v) is 4.48. The van der Waals surface area contributed by atoms with Crippen molar-refractivity contribution in [3.05, 3.63) is 72.8 Å². The van der Waals surface area contributed by atoms with Crippen LogP contribution in [-0.4, -0.2) is 9.55 Å². The minimum Gasteiger partial charge on any atom is -0.354 e. The van der Waals surface area contributed by atoms with Crippen molar-refractivity contribution in [2.75, 3.05) is 5.32 Å². The lowest BCUT2D eigenvalue weighted by molar-refractivity contribution is 1.06. The number of imidazole rings is 1. The lowest BCUT2D eigenvalue weighted by Crippen LogP contribution is -1.98. The topological polar surface area (TPSA) is 29.9 Å². The van der Waals surface area contributed by atoms with Gasteiger partial charge in [0.1, 0.15) is 0 Å². The highest BCUT2D eigenvalue weighted by Gasteiger charge is 2.03. The predicted molar refractivity (Wildman–Crippen MR) is 78.0 cm³/mol. The average molecular weight is 249 g/mol. The molecule has 0 aliphatic rings. The highest BCUT2D eigenvalue weighted by molar-refractivity contribution is 5.69. The fourth-order valence-electron chi connectivity index (χ4n) is 2.00. The van der Waals surface area contributed by atoms with Gasteiger partial charge in [0.05, 0.1) is 17.7 Å². The largest absolute Gasteiger partial charge is 0.354 e. The zero-order valence-corrected chi connectivity index (χ0v) is 10.7. The van der Waals surface area contributed by atoms with Crippen LogP contribution in [0.15, 0.2) is 67.3 Å². The van der Waals surface area contributed by atoms with Gasteiger partial charge in [-0.25, -0.2) is 4.98 Å². The summed E-state index contributed by atoms with van der Waals surface area (Å²) in [6.45, 7) is 2.09. The normalized spacial score (nSPS) is 10.4. The lowest BCUT2D eigenvalue weighted by atomic mass is 10.2. The van der Waals surface area contributed by atoms with Gasteiger partial charge in [-0.3, -0.25) is 0 Å². The first-order valence-corrected chi connectivity index (χ1v) is 6.24. The summed E-state index contributed by atoms with van der Waals surface area (Å²) in [5.41, 5.74) is 4.48. The van der Waals surface area contributed by atoms with E-state index in [0.717, 1.165) is 17.1 Å². The SMILES string of the molecule is Cc1ccc(Nc2ccccc2-n2ccnc2)cc1. The van der Waals surface area contributed by atoms with Gasteiger partial charge < -0.3 is 9.88 Å². The van der Waals surface area contributed by atoms with E-state index in [-0.39, 0.29) is 0 Å². The highest BCUT2D eigenvalue weighted by atomic mass is 15.1. The highest BCUT2D eigenvalue weighted by Crippen LogP contribution is 2.24. The van der Waals surface area contributed by atoms with E-state index in [1.807, 2.05) is 22.9 Å². The summed E-state index contributed by atoms with van der Waals surface area (Å²) in [7, 11) is 0. The Morgan fingerprint density at radius 3 is 2.53 bits per heavy atom. The summed E-state index contributed by atoms with van der Waals surface area (Å²) in [6, 6.07) is 16.5. The number of rotatable bonds is 3. The molecule has 0 amide bonds. The van der Waals surface area contributed by atoms with Crippen LogP contribution in [0.4, 0.5) is 11.4 Å². The van der Waals surface area contributed by atoms with Crippen molar-refractivity contribution in [3.8, 4) is 5.69 Å². The Morgan fingerprint density at radius 1 is 1.00 bits per heavy atom. The molecule has 1 heterocycles. The molecule has 2 aromatic carbocycles. The van der Waals surface area contributed by atoms with Gasteiger partial charge >= 0.3 is 0 Å². The fourth-order valence-corrected chi connectivity index (χ4v) is 2.00. The van der Waals surface area contributed by atoms with Crippen LogP contribution in [0.2, 0.25) is 0 Å². The Kier molecular flexibility index (Phi) is 3.02. The van der Waals surface area contributed by atoms with E-state index in [0.29, 0.717) is 0 Å². The van der Waals surface area contributed by atoms with E-state index in [1.165, 1.54) is 5.56 Å². The lowest BCUT2D eigenvalue weighted by Gasteiger charge is -2.12. The second kappa shape index (κ2) is 4.98. The Bertz CT molecular complexity index is 655. The number of aryl methyl sites for hydroxylation is 1. The number of hydrogen-bond donors (Lipinski definition) is 1. The van der Waals surface area contributed by atoms with E-state index in [9.17, 15) is 0 Å². The third kappa shape index (κ3) is 2.50. The predicted octanol–water partition coefficient (Wildman–Crippen LogP) is 3.92. The quantitative estimate of drug-likeness (QED) is 0.762. The maximum atomic E-state index is 4.09. The van der Waals surface area contributed by atoms with Gasteiger partial charge in [-0.1, -0.05) is 29.8 Å². The molecule has 19 heavy (non-hydrogen) atoms. The van der Waals surface area contributed by atoms with Gasteiger partial charge in [0.25, 0.3) is 0 Å². The molecular formula is C16H15N3. The van der Waals surface area contributed by atoms with Crippen molar-refractivity contribution < 1.29 is 0 Å². The summed E-state index contributed by atoms with van der Waals surface area (Å²) >= 11 is 0. The van der Waals surface area contributed by atoms with Crippen molar-refractivity contribution in [1.82, 2.24) is 9.55 Å². The summed E-state index contributed by atoms with van der Waals surface area (Å²) in [6.07, 6.45) is 5.52. The first-order chi connectivity index (χ1) is 9.33. The average Bonchev–Trinajstić information content (AvgIpc) is 2.96. The van der Waals surface area contributed by atoms with E-state index >= 15 is 0 Å². The van der Waals surface area contributed by atoms with E-state index in [4.69, 9.17) is 0 Å². The van der Waals surface area contributed by atoms with Gasteiger partial charge in [-0.15, -0.1) is 0 Å². The molecule has 3 nitrogen and oxygen atoms in total. The maximum Gasteiger partial charge on any atom is 0.0992 e. The van der Waals surface area contributed by atoms with Crippen LogP contribution >= 0.6 is 0 Å².